The van der Waals surface area contributed by atoms with E-state index in [0.717, 1.165) is 5.56 Å². The molecule has 14 heavy (non-hydrogen) atoms. The number of aromatic nitrogens is 1. The zero-order valence-electron chi connectivity index (χ0n) is 7.88. The minimum absolute atomic E-state index is 0.0461. The van der Waals surface area contributed by atoms with Crippen molar-refractivity contribution in [2.24, 2.45) is 0 Å². The molecular weight excluding hydrogens is 202 g/mol. The Balaban J connectivity index is 2.39. The largest absolute Gasteiger partial charge is 0.358 e. The van der Waals surface area contributed by atoms with E-state index < -0.39 is 0 Å². The maximum atomic E-state index is 10.9. The van der Waals surface area contributed by atoms with Gasteiger partial charge < -0.3 is 10.6 Å². The highest BCUT2D eigenvalue weighted by Gasteiger charge is 2.00. The molecule has 2 N–H and O–H groups in total. The number of carbonyl (C=O) groups is 1. The third-order valence-corrected chi connectivity index (χ3v) is 2.08. The van der Waals surface area contributed by atoms with Gasteiger partial charge in [-0.1, -0.05) is 11.6 Å². The number of rotatable bonds is 4. The zero-order chi connectivity index (χ0) is 10.4. The monoisotopic (exact) mass is 213 g/mol. The molecule has 1 rings (SSSR count). The second-order valence-electron chi connectivity index (χ2n) is 2.74. The fraction of sp³-hybridized carbons (Fsp3) is 0.333. The van der Waals surface area contributed by atoms with Crippen LogP contribution in [0, 0.1) is 0 Å². The molecule has 0 aliphatic heterocycles. The topological polar surface area (TPSA) is 54.0 Å². The van der Waals surface area contributed by atoms with E-state index in [9.17, 15) is 4.79 Å². The summed E-state index contributed by atoms with van der Waals surface area (Å²) < 4.78 is 0. The number of hydrogen-bond donors (Lipinski definition) is 2. The first-order chi connectivity index (χ1) is 6.74. The first-order valence-electron chi connectivity index (χ1n) is 4.23. The van der Waals surface area contributed by atoms with Gasteiger partial charge in [0.15, 0.2) is 0 Å². The number of nitrogens with zero attached hydrogens (tertiary/aromatic N) is 1. The van der Waals surface area contributed by atoms with Crippen LogP contribution in [0.3, 0.4) is 0 Å². The molecule has 0 saturated carbocycles. The van der Waals surface area contributed by atoms with Crippen molar-refractivity contribution in [2.45, 2.75) is 6.54 Å². The van der Waals surface area contributed by atoms with Crippen molar-refractivity contribution in [3.8, 4) is 0 Å². The Kier molecular flexibility index (Phi) is 4.35. The van der Waals surface area contributed by atoms with E-state index in [0.29, 0.717) is 11.6 Å². The lowest BCUT2D eigenvalue weighted by Gasteiger charge is -2.04. The van der Waals surface area contributed by atoms with Crippen LogP contribution in [0.5, 0.6) is 0 Å². The molecule has 0 aliphatic rings. The average Bonchev–Trinajstić information content (AvgIpc) is 2.20. The number of carbonyl (C=O) groups excluding carboxylic acids is 1. The van der Waals surface area contributed by atoms with Crippen molar-refractivity contribution >= 4 is 17.5 Å². The van der Waals surface area contributed by atoms with E-state index in [1.165, 1.54) is 0 Å². The average molecular weight is 214 g/mol. The third kappa shape index (κ3) is 3.32. The summed E-state index contributed by atoms with van der Waals surface area (Å²) >= 11 is 5.87. The quantitative estimate of drug-likeness (QED) is 0.769. The van der Waals surface area contributed by atoms with Crippen LogP contribution in [0.25, 0.3) is 0 Å². The zero-order valence-corrected chi connectivity index (χ0v) is 8.64. The smallest absolute Gasteiger partial charge is 0.233 e. The fourth-order valence-corrected chi connectivity index (χ4v) is 1.13. The number of nitrogens with one attached hydrogen (secondary N) is 2. The Morgan fingerprint density at radius 1 is 1.64 bits per heavy atom. The van der Waals surface area contributed by atoms with Crippen molar-refractivity contribution in [3.05, 3.63) is 29.0 Å². The summed E-state index contributed by atoms with van der Waals surface area (Å²) in [6.45, 7) is 0.851. The highest BCUT2D eigenvalue weighted by Crippen LogP contribution is 2.12. The molecule has 1 aromatic rings. The van der Waals surface area contributed by atoms with E-state index >= 15 is 0 Å². The van der Waals surface area contributed by atoms with E-state index in [4.69, 9.17) is 11.6 Å². The molecule has 1 amide bonds. The predicted octanol–water partition coefficient (Wildman–Crippen LogP) is 0.571. The van der Waals surface area contributed by atoms with Crippen molar-refractivity contribution in [3.63, 3.8) is 0 Å². The van der Waals surface area contributed by atoms with Gasteiger partial charge in [-0.05, 0) is 11.6 Å². The Morgan fingerprint density at radius 2 is 2.43 bits per heavy atom. The van der Waals surface area contributed by atoms with Gasteiger partial charge in [0, 0.05) is 26.0 Å². The first kappa shape index (κ1) is 10.9. The summed E-state index contributed by atoms with van der Waals surface area (Å²) in [5.74, 6) is -0.0461. The van der Waals surface area contributed by atoms with Gasteiger partial charge in [-0.3, -0.25) is 9.78 Å². The van der Waals surface area contributed by atoms with Crippen LogP contribution in [-0.4, -0.2) is 24.5 Å². The van der Waals surface area contributed by atoms with Crippen molar-refractivity contribution in [1.29, 1.82) is 0 Å². The van der Waals surface area contributed by atoms with Gasteiger partial charge in [0.05, 0.1) is 11.6 Å². The second kappa shape index (κ2) is 5.57. The van der Waals surface area contributed by atoms with Crippen LogP contribution < -0.4 is 10.6 Å². The lowest BCUT2D eigenvalue weighted by molar-refractivity contribution is -0.119. The Bertz CT molecular complexity index is 317. The van der Waals surface area contributed by atoms with Crippen LogP contribution >= 0.6 is 11.6 Å². The van der Waals surface area contributed by atoms with Gasteiger partial charge in [0.1, 0.15) is 0 Å². The van der Waals surface area contributed by atoms with Crippen LogP contribution in [0.15, 0.2) is 18.5 Å². The summed E-state index contributed by atoms with van der Waals surface area (Å²) in [4.78, 5) is 14.7. The predicted molar refractivity (Wildman–Crippen MR) is 55.0 cm³/mol. The normalized spacial score (nSPS) is 9.86. The maximum Gasteiger partial charge on any atom is 0.233 e. The number of amides is 1. The minimum atomic E-state index is -0.0461. The summed E-state index contributed by atoms with van der Waals surface area (Å²) in [7, 11) is 1.60. The summed E-state index contributed by atoms with van der Waals surface area (Å²) in [5, 5.41) is 6.10. The van der Waals surface area contributed by atoms with Crippen LogP contribution in [0.2, 0.25) is 5.02 Å². The number of pyridine rings is 1. The molecule has 5 heteroatoms. The molecule has 0 unspecified atom stereocenters. The fourth-order valence-electron chi connectivity index (χ4n) is 0.946. The van der Waals surface area contributed by atoms with Crippen LogP contribution in [0.1, 0.15) is 5.56 Å². The van der Waals surface area contributed by atoms with Crippen LogP contribution in [0.4, 0.5) is 0 Å². The molecule has 0 spiro atoms. The molecule has 0 aliphatic carbocycles. The summed E-state index contributed by atoms with van der Waals surface area (Å²) in [6, 6.07) is 1.82. The van der Waals surface area contributed by atoms with Crippen LogP contribution in [-0.2, 0) is 11.3 Å². The van der Waals surface area contributed by atoms with E-state index in [1.807, 2.05) is 6.07 Å². The van der Waals surface area contributed by atoms with E-state index in [1.54, 1.807) is 19.4 Å². The first-order valence-corrected chi connectivity index (χ1v) is 4.61. The highest BCUT2D eigenvalue weighted by atomic mass is 35.5. The van der Waals surface area contributed by atoms with Gasteiger partial charge in [0.2, 0.25) is 5.91 Å². The Labute approximate surface area is 87.7 Å². The molecule has 0 aromatic carbocycles. The molecule has 0 fully saturated rings. The number of halogens is 1. The SMILES string of the molecule is CNC(=O)CNCc1ccncc1Cl. The standard InChI is InChI=1S/C9H12ClN3O/c1-11-9(14)6-13-4-7-2-3-12-5-8(7)10/h2-3,5,13H,4,6H2,1H3,(H,11,14). The minimum Gasteiger partial charge on any atom is -0.358 e. The molecular formula is C9H12ClN3O. The van der Waals surface area contributed by atoms with E-state index in [-0.39, 0.29) is 12.5 Å². The van der Waals surface area contributed by atoms with Gasteiger partial charge >= 0.3 is 0 Å². The third-order valence-electron chi connectivity index (χ3n) is 1.74. The molecule has 0 bridgehead atoms. The molecule has 0 atom stereocenters. The van der Waals surface area contributed by atoms with Gasteiger partial charge in [-0.25, -0.2) is 0 Å². The maximum absolute atomic E-state index is 10.9. The van der Waals surface area contributed by atoms with Gasteiger partial charge in [-0.15, -0.1) is 0 Å². The summed E-state index contributed by atoms with van der Waals surface area (Å²) in [5.41, 5.74) is 0.936. The molecule has 76 valence electrons. The Morgan fingerprint density at radius 3 is 3.07 bits per heavy atom. The molecule has 4 nitrogen and oxygen atoms in total. The summed E-state index contributed by atoms with van der Waals surface area (Å²) in [6.07, 6.45) is 3.25. The number of hydrogen-bond acceptors (Lipinski definition) is 3. The lowest BCUT2D eigenvalue weighted by atomic mass is 10.2. The number of likely N-dealkylation sites (N-methyl/N-ethyl adjacent to an activating group) is 1. The van der Waals surface area contributed by atoms with Crippen molar-refractivity contribution in [1.82, 2.24) is 15.6 Å². The van der Waals surface area contributed by atoms with Gasteiger partial charge in [0.25, 0.3) is 0 Å². The lowest BCUT2D eigenvalue weighted by Crippen LogP contribution is -2.31. The van der Waals surface area contributed by atoms with Crippen molar-refractivity contribution in [2.75, 3.05) is 13.6 Å². The molecule has 0 saturated heterocycles. The second-order valence-corrected chi connectivity index (χ2v) is 3.15. The van der Waals surface area contributed by atoms with Gasteiger partial charge in [-0.2, -0.15) is 0 Å². The molecule has 1 heterocycles. The van der Waals surface area contributed by atoms with Crippen molar-refractivity contribution < 1.29 is 4.79 Å². The molecule has 0 radical (unpaired) electrons. The highest BCUT2D eigenvalue weighted by molar-refractivity contribution is 6.31. The Hall–Kier alpha value is -1.13. The molecule has 1 aromatic heterocycles. The van der Waals surface area contributed by atoms with E-state index in [2.05, 4.69) is 15.6 Å².